The van der Waals surface area contributed by atoms with Crippen molar-refractivity contribution >= 4 is 35.1 Å². The lowest BCUT2D eigenvalue weighted by Gasteiger charge is -2.32. The van der Waals surface area contributed by atoms with Crippen LogP contribution in [0, 0.1) is 17.2 Å². The van der Waals surface area contributed by atoms with Gasteiger partial charge in [0.25, 0.3) is 5.91 Å². The van der Waals surface area contributed by atoms with Crippen LogP contribution in [0.4, 0.5) is 0 Å². The van der Waals surface area contributed by atoms with Gasteiger partial charge in [0.2, 0.25) is 0 Å². The van der Waals surface area contributed by atoms with E-state index >= 15 is 0 Å². The summed E-state index contributed by atoms with van der Waals surface area (Å²) in [6, 6.07) is 11.9. The van der Waals surface area contributed by atoms with Crippen molar-refractivity contribution in [3.8, 4) is 11.8 Å². The molecule has 2 aromatic rings. The van der Waals surface area contributed by atoms with E-state index in [4.69, 9.17) is 27.9 Å². The lowest BCUT2D eigenvalue weighted by atomic mass is 9.94. The molecule has 0 fully saturated rings. The number of carboxylic acids is 1. The summed E-state index contributed by atoms with van der Waals surface area (Å²) >= 11 is 12.1. The zero-order valence-electron chi connectivity index (χ0n) is 16.3. The Bertz CT molecular complexity index is 1020. The average Bonchev–Trinajstić information content (AvgIpc) is 2.71. The molecule has 30 heavy (non-hydrogen) atoms. The third-order valence-electron chi connectivity index (χ3n) is 4.97. The van der Waals surface area contributed by atoms with Crippen molar-refractivity contribution in [1.29, 1.82) is 5.26 Å². The summed E-state index contributed by atoms with van der Waals surface area (Å²) < 4.78 is 5.77. The van der Waals surface area contributed by atoms with Crippen molar-refractivity contribution in [2.45, 2.75) is 19.3 Å². The summed E-state index contributed by atoms with van der Waals surface area (Å²) in [4.78, 5) is 26.5. The van der Waals surface area contributed by atoms with Gasteiger partial charge in [0.1, 0.15) is 11.8 Å². The number of hydrogen-bond acceptors (Lipinski definition) is 4. The maximum atomic E-state index is 13.3. The summed E-state index contributed by atoms with van der Waals surface area (Å²) in [7, 11) is 0. The second-order valence-corrected chi connectivity index (χ2v) is 8.20. The summed E-state index contributed by atoms with van der Waals surface area (Å²) in [5.74, 6) is -1.49. The minimum absolute atomic E-state index is 0.00636. The van der Waals surface area contributed by atoms with Gasteiger partial charge in [0.15, 0.2) is 0 Å². The smallest absolute Gasteiger partial charge is 0.304 e. The molecule has 0 saturated heterocycles. The first-order chi connectivity index (χ1) is 14.3. The molecule has 1 amide bonds. The minimum Gasteiger partial charge on any atom is -0.491 e. The van der Waals surface area contributed by atoms with E-state index in [2.05, 4.69) is 6.07 Å². The van der Waals surface area contributed by atoms with Gasteiger partial charge >= 0.3 is 5.97 Å². The van der Waals surface area contributed by atoms with Crippen LogP contribution in [0.25, 0.3) is 0 Å². The molecule has 0 radical (unpaired) electrons. The van der Waals surface area contributed by atoms with Gasteiger partial charge in [-0.2, -0.15) is 5.26 Å². The standard InChI is InChI=1S/C22H20Cl2N2O4/c1-13-10-26(22(29)17-4-2-3-15(9-25)21(17)30-12-13)11-16(8-20(27)28)14-5-6-18(23)19(24)7-14/h2-7,13,16H,8,10-12H2,1H3,(H,27,28)/t13-,16-/m1/s1. The molecule has 1 aliphatic rings. The van der Waals surface area contributed by atoms with E-state index in [-0.39, 0.29) is 30.5 Å². The zero-order valence-corrected chi connectivity index (χ0v) is 17.8. The number of nitrogens with zero attached hydrogens (tertiary/aromatic N) is 2. The third kappa shape index (κ3) is 4.86. The van der Waals surface area contributed by atoms with E-state index in [1.807, 2.05) is 6.92 Å². The predicted octanol–water partition coefficient (Wildman–Crippen LogP) is 4.59. The average molecular weight is 447 g/mol. The van der Waals surface area contributed by atoms with Crippen molar-refractivity contribution in [2.24, 2.45) is 5.92 Å². The van der Waals surface area contributed by atoms with E-state index in [0.29, 0.717) is 39.9 Å². The number of carboxylic acid groups (broad SMARTS) is 1. The van der Waals surface area contributed by atoms with Crippen LogP contribution >= 0.6 is 23.2 Å². The van der Waals surface area contributed by atoms with E-state index in [0.717, 1.165) is 0 Å². The molecule has 0 saturated carbocycles. The van der Waals surface area contributed by atoms with Gasteiger partial charge in [0, 0.05) is 24.9 Å². The number of para-hydroxylation sites is 1. The summed E-state index contributed by atoms with van der Waals surface area (Å²) in [6.45, 7) is 2.85. The molecule has 0 spiro atoms. The molecular weight excluding hydrogens is 427 g/mol. The second kappa shape index (κ2) is 9.38. The maximum Gasteiger partial charge on any atom is 0.304 e. The summed E-state index contributed by atoms with van der Waals surface area (Å²) in [6.07, 6.45) is -0.169. The lowest BCUT2D eigenvalue weighted by molar-refractivity contribution is -0.137. The van der Waals surface area contributed by atoms with Crippen LogP contribution in [0.15, 0.2) is 36.4 Å². The first-order valence-corrected chi connectivity index (χ1v) is 10.2. The molecule has 6 nitrogen and oxygen atoms in total. The monoisotopic (exact) mass is 446 g/mol. The topological polar surface area (TPSA) is 90.6 Å². The molecule has 1 aliphatic heterocycles. The lowest BCUT2D eigenvalue weighted by Crippen LogP contribution is -2.41. The Balaban J connectivity index is 1.98. The highest BCUT2D eigenvalue weighted by atomic mass is 35.5. The minimum atomic E-state index is -0.978. The van der Waals surface area contributed by atoms with Crippen molar-refractivity contribution in [3.63, 3.8) is 0 Å². The quantitative estimate of drug-likeness (QED) is 0.724. The van der Waals surface area contributed by atoms with Gasteiger partial charge in [-0.1, -0.05) is 42.3 Å². The highest BCUT2D eigenvalue weighted by molar-refractivity contribution is 6.42. The Kier molecular flexibility index (Phi) is 6.86. The molecule has 2 aromatic carbocycles. The molecule has 0 aromatic heterocycles. The number of carbonyl (C=O) groups excluding carboxylic acids is 1. The molecule has 8 heteroatoms. The van der Waals surface area contributed by atoms with Gasteiger partial charge < -0.3 is 14.7 Å². The number of halogens is 2. The normalized spacial score (nSPS) is 17.2. The molecule has 1 heterocycles. The number of benzene rings is 2. The molecule has 1 N–H and O–H groups in total. The summed E-state index contributed by atoms with van der Waals surface area (Å²) in [5.41, 5.74) is 1.28. The van der Waals surface area contributed by atoms with E-state index in [1.165, 1.54) is 0 Å². The van der Waals surface area contributed by atoms with Gasteiger partial charge in [0.05, 0.1) is 34.2 Å². The zero-order chi connectivity index (χ0) is 21.8. The number of nitriles is 1. The van der Waals surface area contributed by atoms with Crippen molar-refractivity contribution in [3.05, 3.63) is 63.1 Å². The van der Waals surface area contributed by atoms with Crippen LogP contribution in [0.1, 0.15) is 40.7 Å². The second-order valence-electron chi connectivity index (χ2n) is 7.39. The number of carbonyl (C=O) groups is 2. The molecule has 0 aliphatic carbocycles. The van der Waals surface area contributed by atoms with Crippen LogP contribution in [-0.2, 0) is 4.79 Å². The maximum absolute atomic E-state index is 13.3. The van der Waals surface area contributed by atoms with E-state index in [9.17, 15) is 20.0 Å². The first kappa shape index (κ1) is 21.9. The number of rotatable bonds is 5. The van der Waals surface area contributed by atoms with E-state index in [1.54, 1.807) is 41.3 Å². The van der Waals surface area contributed by atoms with Crippen molar-refractivity contribution in [2.75, 3.05) is 19.7 Å². The Morgan fingerprint density at radius 1 is 1.33 bits per heavy atom. The molecule has 3 rings (SSSR count). The van der Waals surface area contributed by atoms with Gasteiger partial charge in [-0.05, 0) is 29.8 Å². The predicted molar refractivity (Wildman–Crippen MR) is 113 cm³/mol. The van der Waals surface area contributed by atoms with Gasteiger partial charge in [-0.15, -0.1) is 0 Å². The van der Waals surface area contributed by atoms with Gasteiger partial charge in [-0.25, -0.2) is 0 Å². The number of amides is 1. The number of aliphatic carboxylic acids is 1. The van der Waals surface area contributed by atoms with Crippen LogP contribution in [0.3, 0.4) is 0 Å². The molecular formula is C22H20Cl2N2O4. The number of hydrogen-bond donors (Lipinski definition) is 1. The fourth-order valence-corrected chi connectivity index (χ4v) is 3.85. The number of ether oxygens (including phenoxy) is 1. The van der Waals surface area contributed by atoms with E-state index < -0.39 is 11.9 Å². The Morgan fingerprint density at radius 3 is 2.77 bits per heavy atom. The highest BCUT2D eigenvalue weighted by Crippen LogP contribution is 2.32. The fraction of sp³-hybridized carbons (Fsp3) is 0.318. The third-order valence-corrected chi connectivity index (χ3v) is 5.71. The first-order valence-electron chi connectivity index (χ1n) is 9.42. The Hall–Kier alpha value is -2.75. The summed E-state index contributed by atoms with van der Waals surface area (Å²) in [5, 5.41) is 19.5. The Labute approximate surface area is 184 Å². The van der Waals surface area contributed by atoms with Gasteiger partial charge in [-0.3, -0.25) is 9.59 Å². The van der Waals surface area contributed by atoms with Crippen molar-refractivity contribution < 1.29 is 19.4 Å². The fourth-order valence-electron chi connectivity index (χ4n) is 3.55. The largest absolute Gasteiger partial charge is 0.491 e. The molecule has 156 valence electrons. The van der Waals surface area contributed by atoms with Crippen molar-refractivity contribution in [1.82, 2.24) is 4.90 Å². The SMILES string of the molecule is C[C@H]1COc2c(C#N)cccc2C(=O)N(C[C@@H](CC(=O)O)c2ccc(Cl)c(Cl)c2)C1. The van der Waals surface area contributed by atoms with Crippen LogP contribution in [0.2, 0.25) is 10.0 Å². The molecule has 2 atom stereocenters. The highest BCUT2D eigenvalue weighted by Gasteiger charge is 2.29. The van der Waals surface area contributed by atoms with Crippen LogP contribution in [0.5, 0.6) is 5.75 Å². The molecule has 0 bridgehead atoms. The number of fused-ring (bicyclic) bond motifs is 1. The Morgan fingerprint density at radius 2 is 2.10 bits per heavy atom. The van der Waals surface area contributed by atoms with Crippen LogP contribution < -0.4 is 4.74 Å². The molecule has 0 unspecified atom stereocenters. The van der Waals surface area contributed by atoms with Crippen LogP contribution in [-0.4, -0.2) is 41.6 Å².